The smallest absolute Gasteiger partial charge is 0.243 e. The van der Waals surface area contributed by atoms with E-state index in [1.54, 1.807) is 26.0 Å². The second-order valence-electron chi connectivity index (χ2n) is 5.14. The number of nitrogens with zero attached hydrogens (tertiary/aromatic N) is 1. The van der Waals surface area contributed by atoms with Crippen molar-refractivity contribution in [1.29, 1.82) is 0 Å². The Morgan fingerprint density at radius 1 is 1.10 bits per heavy atom. The first-order chi connectivity index (χ1) is 9.67. The quantitative estimate of drug-likeness (QED) is 0.815. The lowest BCUT2D eigenvalue weighted by molar-refractivity contribution is 0.410. The normalized spacial score (nSPS) is 19.4. The number of hydrogen-bond donors (Lipinski definition) is 0. The highest BCUT2D eigenvalue weighted by atomic mass is 32.2. The van der Waals surface area contributed by atoms with Crippen LogP contribution in [-0.4, -0.2) is 52.8 Å². The average molecular weight is 333 g/mol. The van der Waals surface area contributed by atoms with Gasteiger partial charge in [0, 0.05) is 13.1 Å². The Morgan fingerprint density at radius 3 is 2.19 bits per heavy atom. The molecule has 0 N–H and O–H groups in total. The molecule has 0 radical (unpaired) electrons. The van der Waals surface area contributed by atoms with Gasteiger partial charge in [0.05, 0.1) is 23.5 Å². The zero-order valence-corrected chi connectivity index (χ0v) is 13.9. The summed E-state index contributed by atoms with van der Waals surface area (Å²) in [7, 11) is -5.26. The van der Waals surface area contributed by atoms with E-state index in [0.29, 0.717) is 11.3 Å². The van der Waals surface area contributed by atoms with Gasteiger partial charge in [0.1, 0.15) is 5.75 Å². The van der Waals surface area contributed by atoms with E-state index in [1.165, 1.54) is 11.4 Å². The summed E-state index contributed by atoms with van der Waals surface area (Å²) in [6.45, 7) is 3.50. The van der Waals surface area contributed by atoms with Gasteiger partial charge in [-0.3, -0.25) is 0 Å². The maximum absolute atomic E-state index is 12.7. The van der Waals surface area contributed by atoms with Crippen molar-refractivity contribution in [3.8, 4) is 5.75 Å². The maximum atomic E-state index is 12.7. The van der Waals surface area contributed by atoms with Crippen LogP contribution >= 0.6 is 0 Å². The van der Waals surface area contributed by atoms with Crippen molar-refractivity contribution in [3.63, 3.8) is 0 Å². The van der Waals surface area contributed by atoms with E-state index >= 15 is 0 Å². The molecule has 1 aliphatic heterocycles. The lowest BCUT2D eigenvalue weighted by atomic mass is 10.1. The molecule has 6 nitrogen and oxygen atoms in total. The molecule has 0 amide bonds. The molecule has 0 aromatic heterocycles. The number of aryl methyl sites for hydroxylation is 2. The summed E-state index contributed by atoms with van der Waals surface area (Å²) in [5.41, 5.74) is 1.32. The zero-order chi connectivity index (χ0) is 15.8. The fourth-order valence-electron chi connectivity index (χ4n) is 2.34. The van der Waals surface area contributed by atoms with Gasteiger partial charge < -0.3 is 4.74 Å². The molecule has 8 heteroatoms. The molecule has 0 saturated carbocycles. The van der Waals surface area contributed by atoms with E-state index in [0.717, 1.165) is 5.56 Å². The summed E-state index contributed by atoms with van der Waals surface area (Å²) in [6.07, 6.45) is 0. The molecule has 1 aromatic rings. The highest BCUT2D eigenvalue weighted by molar-refractivity contribution is 7.92. The van der Waals surface area contributed by atoms with E-state index in [4.69, 9.17) is 4.74 Å². The first kappa shape index (κ1) is 16.3. The highest BCUT2D eigenvalue weighted by Crippen LogP contribution is 2.28. The van der Waals surface area contributed by atoms with Gasteiger partial charge in [0.15, 0.2) is 9.84 Å². The fourth-order valence-corrected chi connectivity index (χ4v) is 5.50. The van der Waals surface area contributed by atoms with Crippen molar-refractivity contribution in [2.45, 2.75) is 18.7 Å². The Kier molecular flexibility index (Phi) is 4.32. The Morgan fingerprint density at radius 2 is 1.67 bits per heavy atom. The number of benzene rings is 1. The van der Waals surface area contributed by atoms with Gasteiger partial charge in [0.2, 0.25) is 10.0 Å². The fraction of sp³-hybridized carbons (Fsp3) is 0.538. The Bertz CT molecular complexity index is 739. The summed E-state index contributed by atoms with van der Waals surface area (Å²) >= 11 is 0. The predicted octanol–water partition coefficient (Wildman–Crippen LogP) is 0.731. The minimum Gasteiger partial charge on any atom is -0.496 e. The van der Waals surface area contributed by atoms with Crippen LogP contribution in [0.25, 0.3) is 0 Å². The van der Waals surface area contributed by atoms with Crippen molar-refractivity contribution in [2.24, 2.45) is 0 Å². The molecule has 21 heavy (non-hydrogen) atoms. The van der Waals surface area contributed by atoms with E-state index < -0.39 is 19.9 Å². The molecule has 0 spiro atoms. The third kappa shape index (κ3) is 3.22. The third-order valence-electron chi connectivity index (χ3n) is 3.61. The molecule has 2 rings (SSSR count). The van der Waals surface area contributed by atoms with Crippen LogP contribution < -0.4 is 4.74 Å². The first-order valence-electron chi connectivity index (χ1n) is 6.53. The number of hydrogen-bond acceptors (Lipinski definition) is 5. The molecule has 0 atom stereocenters. The molecular formula is C13H19NO5S2. The molecule has 1 aliphatic rings. The SMILES string of the molecule is COc1cc(C)c(S(=O)(=O)N2CCS(=O)(=O)CC2)cc1C. The van der Waals surface area contributed by atoms with Gasteiger partial charge in [0.25, 0.3) is 0 Å². The average Bonchev–Trinajstić information content (AvgIpc) is 2.40. The third-order valence-corrected chi connectivity index (χ3v) is 7.26. The molecule has 1 heterocycles. The van der Waals surface area contributed by atoms with E-state index in [1.807, 2.05) is 0 Å². The van der Waals surface area contributed by atoms with Crippen LogP contribution in [0.15, 0.2) is 17.0 Å². The molecule has 0 bridgehead atoms. The summed E-state index contributed by atoms with van der Waals surface area (Å²) in [6, 6.07) is 3.26. The van der Waals surface area contributed by atoms with Crippen molar-refractivity contribution in [3.05, 3.63) is 23.3 Å². The largest absolute Gasteiger partial charge is 0.496 e. The van der Waals surface area contributed by atoms with Crippen LogP contribution in [0.2, 0.25) is 0 Å². The number of sulfone groups is 1. The first-order valence-corrected chi connectivity index (χ1v) is 9.79. The van der Waals surface area contributed by atoms with Crippen LogP contribution in [0.4, 0.5) is 0 Å². The Labute approximate surface area is 125 Å². The molecule has 0 aliphatic carbocycles. The predicted molar refractivity (Wildman–Crippen MR) is 79.9 cm³/mol. The van der Waals surface area contributed by atoms with E-state index in [-0.39, 0.29) is 29.5 Å². The van der Waals surface area contributed by atoms with Crippen LogP contribution in [0, 0.1) is 13.8 Å². The Balaban J connectivity index is 2.39. The van der Waals surface area contributed by atoms with Crippen molar-refractivity contribution in [2.75, 3.05) is 31.7 Å². The monoisotopic (exact) mass is 333 g/mol. The number of rotatable bonds is 3. The van der Waals surface area contributed by atoms with Gasteiger partial charge >= 0.3 is 0 Å². The van der Waals surface area contributed by atoms with Crippen LogP contribution in [0.5, 0.6) is 5.75 Å². The van der Waals surface area contributed by atoms with Crippen LogP contribution in [-0.2, 0) is 19.9 Å². The number of sulfonamides is 1. The topological polar surface area (TPSA) is 80.8 Å². The summed E-state index contributed by atoms with van der Waals surface area (Å²) in [4.78, 5) is 0.208. The minimum atomic E-state index is -3.68. The standard InChI is InChI=1S/C13H19NO5S2/c1-10-9-13(11(2)8-12(10)19-3)21(17,18)14-4-6-20(15,16)7-5-14/h8-9H,4-7H2,1-3H3. The lowest BCUT2D eigenvalue weighted by Gasteiger charge is -2.27. The summed E-state index contributed by atoms with van der Waals surface area (Å²) in [5.74, 6) is 0.383. The minimum absolute atomic E-state index is 0.00911. The van der Waals surface area contributed by atoms with E-state index in [2.05, 4.69) is 0 Å². The van der Waals surface area contributed by atoms with Crippen molar-refractivity contribution < 1.29 is 21.6 Å². The van der Waals surface area contributed by atoms with E-state index in [9.17, 15) is 16.8 Å². The lowest BCUT2D eigenvalue weighted by Crippen LogP contribution is -2.43. The van der Waals surface area contributed by atoms with Gasteiger partial charge in [-0.15, -0.1) is 0 Å². The number of methoxy groups -OCH3 is 1. The van der Waals surface area contributed by atoms with Gasteiger partial charge in [-0.05, 0) is 37.1 Å². The highest BCUT2D eigenvalue weighted by Gasteiger charge is 2.32. The summed E-state index contributed by atoms with van der Waals surface area (Å²) in [5, 5.41) is 0. The van der Waals surface area contributed by atoms with Crippen molar-refractivity contribution in [1.82, 2.24) is 4.31 Å². The second-order valence-corrected chi connectivity index (χ2v) is 9.35. The van der Waals surface area contributed by atoms with Gasteiger partial charge in [-0.2, -0.15) is 4.31 Å². The molecule has 118 valence electrons. The van der Waals surface area contributed by atoms with Gasteiger partial charge in [-0.25, -0.2) is 16.8 Å². The van der Waals surface area contributed by atoms with Crippen LogP contribution in [0.3, 0.4) is 0 Å². The zero-order valence-electron chi connectivity index (χ0n) is 12.3. The molecule has 0 unspecified atom stereocenters. The maximum Gasteiger partial charge on any atom is 0.243 e. The van der Waals surface area contributed by atoms with Crippen molar-refractivity contribution >= 4 is 19.9 Å². The molecular weight excluding hydrogens is 314 g/mol. The molecule has 1 saturated heterocycles. The number of ether oxygens (including phenoxy) is 1. The Hall–Kier alpha value is -1.12. The van der Waals surface area contributed by atoms with Crippen LogP contribution in [0.1, 0.15) is 11.1 Å². The summed E-state index contributed by atoms with van der Waals surface area (Å²) < 4.78 is 54.6. The van der Waals surface area contributed by atoms with Gasteiger partial charge in [-0.1, -0.05) is 0 Å². The molecule has 1 fully saturated rings. The molecule has 1 aromatic carbocycles. The second kappa shape index (κ2) is 5.58.